The molecule has 0 aromatic heterocycles. The van der Waals surface area contributed by atoms with Crippen LogP contribution in [0.5, 0.6) is 0 Å². The Labute approximate surface area is 120 Å². The second-order valence-corrected chi connectivity index (χ2v) is 4.72. The zero-order chi connectivity index (χ0) is 13.8. The van der Waals surface area contributed by atoms with E-state index < -0.39 is 0 Å². The molecule has 2 rings (SSSR count). The summed E-state index contributed by atoms with van der Waals surface area (Å²) in [6.45, 7) is 0.117. The van der Waals surface area contributed by atoms with Gasteiger partial charge < -0.3 is 5.32 Å². The van der Waals surface area contributed by atoms with Crippen molar-refractivity contribution in [2.24, 2.45) is 0 Å². The van der Waals surface area contributed by atoms with Crippen molar-refractivity contribution in [1.82, 2.24) is 5.32 Å². The van der Waals surface area contributed by atoms with Crippen molar-refractivity contribution in [3.05, 3.63) is 69.5 Å². The Morgan fingerprint density at radius 2 is 1.84 bits per heavy atom. The van der Waals surface area contributed by atoms with Gasteiger partial charge in [0.15, 0.2) is 0 Å². The zero-order valence-corrected chi connectivity index (χ0v) is 11.3. The van der Waals surface area contributed by atoms with E-state index in [9.17, 15) is 9.18 Å². The highest BCUT2D eigenvalue weighted by Crippen LogP contribution is 2.22. The molecule has 2 aromatic carbocycles. The van der Waals surface area contributed by atoms with Crippen LogP contribution in [-0.4, -0.2) is 5.91 Å². The predicted octanol–water partition coefficient (Wildman–Crippen LogP) is 4.06. The van der Waals surface area contributed by atoms with Crippen LogP contribution in [0.4, 0.5) is 4.39 Å². The molecule has 0 fully saturated rings. The average Bonchev–Trinajstić information content (AvgIpc) is 2.40. The lowest BCUT2D eigenvalue weighted by atomic mass is 10.2. The Morgan fingerprint density at radius 3 is 2.53 bits per heavy atom. The van der Waals surface area contributed by atoms with Crippen LogP contribution < -0.4 is 5.32 Å². The highest BCUT2D eigenvalue weighted by atomic mass is 35.5. The van der Waals surface area contributed by atoms with Crippen molar-refractivity contribution >= 4 is 29.1 Å². The molecule has 0 heterocycles. The fourth-order valence-corrected chi connectivity index (χ4v) is 1.85. The third kappa shape index (κ3) is 3.46. The number of nitrogens with one attached hydrogen (secondary N) is 1. The number of hydrogen-bond donors (Lipinski definition) is 1. The normalized spacial score (nSPS) is 10.3. The molecular formula is C14H10Cl2FNO. The topological polar surface area (TPSA) is 29.1 Å². The Morgan fingerprint density at radius 1 is 1.11 bits per heavy atom. The molecule has 5 heteroatoms. The van der Waals surface area contributed by atoms with Gasteiger partial charge in [0.1, 0.15) is 5.82 Å². The number of hydrogen-bond acceptors (Lipinski definition) is 1. The minimum Gasteiger partial charge on any atom is -0.348 e. The predicted molar refractivity (Wildman–Crippen MR) is 74.0 cm³/mol. The van der Waals surface area contributed by atoms with Crippen LogP contribution >= 0.6 is 23.2 Å². The van der Waals surface area contributed by atoms with Gasteiger partial charge in [-0.15, -0.1) is 0 Å². The van der Waals surface area contributed by atoms with Gasteiger partial charge in [0.05, 0.1) is 10.0 Å². The van der Waals surface area contributed by atoms with E-state index >= 15 is 0 Å². The molecule has 19 heavy (non-hydrogen) atoms. The van der Waals surface area contributed by atoms with Crippen molar-refractivity contribution in [2.45, 2.75) is 6.54 Å². The van der Waals surface area contributed by atoms with Crippen LogP contribution in [0.2, 0.25) is 10.0 Å². The first kappa shape index (κ1) is 13.8. The Bertz CT molecular complexity index is 616. The van der Waals surface area contributed by atoms with Gasteiger partial charge in [0.2, 0.25) is 0 Å². The molecule has 0 atom stereocenters. The van der Waals surface area contributed by atoms with E-state index in [0.717, 1.165) is 0 Å². The van der Waals surface area contributed by atoms with Crippen molar-refractivity contribution < 1.29 is 9.18 Å². The highest BCUT2D eigenvalue weighted by molar-refractivity contribution is 6.42. The van der Waals surface area contributed by atoms with Gasteiger partial charge in [-0.2, -0.15) is 0 Å². The molecule has 0 aliphatic rings. The minimum absolute atomic E-state index is 0.117. The van der Waals surface area contributed by atoms with E-state index in [0.29, 0.717) is 21.2 Å². The summed E-state index contributed by atoms with van der Waals surface area (Å²) in [7, 11) is 0. The number of rotatable bonds is 3. The van der Waals surface area contributed by atoms with Crippen LogP contribution in [-0.2, 0) is 6.54 Å². The molecule has 0 radical (unpaired) electrons. The SMILES string of the molecule is O=C(NCc1ccccc1F)c1ccc(Cl)c(Cl)c1. The van der Waals surface area contributed by atoms with Crippen molar-refractivity contribution in [3.8, 4) is 0 Å². The molecule has 1 N–H and O–H groups in total. The molecule has 0 saturated heterocycles. The summed E-state index contributed by atoms with van der Waals surface area (Å²) < 4.78 is 13.4. The number of carbonyl (C=O) groups excluding carboxylic acids is 1. The molecule has 98 valence electrons. The smallest absolute Gasteiger partial charge is 0.251 e. The monoisotopic (exact) mass is 297 g/mol. The van der Waals surface area contributed by atoms with Crippen LogP contribution in [0.15, 0.2) is 42.5 Å². The lowest BCUT2D eigenvalue weighted by Crippen LogP contribution is -2.23. The third-order valence-corrected chi connectivity index (χ3v) is 3.32. The summed E-state index contributed by atoms with van der Waals surface area (Å²) in [4.78, 5) is 11.9. The molecular weight excluding hydrogens is 288 g/mol. The zero-order valence-electron chi connectivity index (χ0n) is 9.79. The van der Waals surface area contributed by atoms with E-state index in [1.807, 2.05) is 0 Å². The van der Waals surface area contributed by atoms with Crippen LogP contribution in [0.1, 0.15) is 15.9 Å². The van der Waals surface area contributed by atoms with Crippen LogP contribution in [0.3, 0.4) is 0 Å². The summed E-state index contributed by atoms with van der Waals surface area (Å²) >= 11 is 11.6. The number of benzene rings is 2. The Balaban J connectivity index is 2.05. The van der Waals surface area contributed by atoms with Crippen molar-refractivity contribution in [1.29, 1.82) is 0 Å². The number of halogens is 3. The van der Waals surface area contributed by atoms with E-state index in [1.54, 1.807) is 30.3 Å². The Hall–Kier alpha value is -1.58. The largest absolute Gasteiger partial charge is 0.348 e. The fourth-order valence-electron chi connectivity index (χ4n) is 1.56. The number of amides is 1. The molecule has 0 unspecified atom stereocenters. The molecule has 0 bridgehead atoms. The highest BCUT2D eigenvalue weighted by Gasteiger charge is 2.08. The van der Waals surface area contributed by atoms with E-state index in [-0.39, 0.29) is 18.3 Å². The lowest BCUT2D eigenvalue weighted by Gasteiger charge is -2.07. The van der Waals surface area contributed by atoms with Gasteiger partial charge in [0, 0.05) is 17.7 Å². The van der Waals surface area contributed by atoms with Gasteiger partial charge in [-0.1, -0.05) is 41.4 Å². The number of carbonyl (C=O) groups is 1. The van der Waals surface area contributed by atoms with Crippen LogP contribution in [0, 0.1) is 5.82 Å². The standard InChI is InChI=1S/C14H10Cl2FNO/c15-11-6-5-9(7-12(11)16)14(19)18-8-10-3-1-2-4-13(10)17/h1-7H,8H2,(H,18,19). The summed E-state index contributed by atoms with van der Waals surface area (Å²) in [6, 6.07) is 10.8. The Kier molecular flexibility index (Phi) is 4.40. The maximum atomic E-state index is 13.4. The molecule has 0 aliphatic carbocycles. The second-order valence-electron chi connectivity index (χ2n) is 3.90. The first-order valence-corrected chi connectivity index (χ1v) is 6.30. The summed E-state index contributed by atoms with van der Waals surface area (Å²) in [5.41, 5.74) is 0.807. The van der Waals surface area contributed by atoms with Gasteiger partial charge in [-0.05, 0) is 24.3 Å². The molecule has 0 saturated carbocycles. The lowest BCUT2D eigenvalue weighted by molar-refractivity contribution is 0.0950. The maximum Gasteiger partial charge on any atom is 0.251 e. The summed E-state index contributed by atoms with van der Waals surface area (Å²) in [5.74, 6) is -0.682. The molecule has 2 aromatic rings. The second kappa shape index (κ2) is 6.04. The molecule has 0 spiro atoms. The van der Waals surface area contributed by atoms with Gasteiger partial charge >= 0.3 is 0 Å². The first-order chi connectivity index (χ1) is 9.08. The minimum atomic E-state index is -0.350. The van der Waals surface area contributed by atoms with E-state index in [1.165, 1.54) is 12.1 Å². The van der Waals surface area contributed by atoms with E-state index in [4.69, 9.17) is 23.2 Å². The van der Waals surface area contributed by atoms with Gasteiger partial charge in [-0.25, -0.2) is 4.39 Å². The van der Waals surface area contributed by atoms with Gasteiger partial charge in [-0.3, -0.25) is 4.79 Å². The van der Waals surface area contributed by atoms with Crippen molar-refractivity contribution in [3.63, 3.8) is 0 Å². The van der Waals surface area contributed by atoms with Crippen LogP contribution in [0.25, 0.3) is 0 Å². The summed E-state index contributed by atoms with van der Waals surface area (Å²) in [5, 5.41) is 3.31. The first-order valence-electron chi connectivity index (χ1n) is 5.54. The van der Waals surface area contributed by atoms with E-state index in [2.05, 4.69) is 5.32 Å². The average molecular weight is 298 g/mol. The maximum absolute atomic E-state index is 13.4. The van der Waals surface area contributed by atoms with Crippen molar-refractivity contribution in [2.75, 3.05) is 0 Å². The molecule has 0 aliphatic heterocycles. The summed E-state index contributed by atoms with van der Waals surface area (Å²) in [6.07, 6.45) is 0. The molecule has 2 nitrogen and oxygen atoms in total. The van der Waals surface area contributed by atoms with Gasteiger partial charge in [0.25, 0.3) is 5.91 Å². The quantitative estimate of drug-likeness (QED) is 0.909. The third-order valence-electron chi connectivity index (χ3n) is 2.58. The molecule has 1 amide bonds. The fraction of sp³-hybridized carbons (Fsp3) is 0.0714.